The zero-order valence-corrected chi connectivity index (χ0v) is 10.1. The fraction of sp³-hybridized carbons (Fsp3) is 0. The minimum atomic E-state index is 0.794. The lowest BCUT2D eigenvalue weighted by Crippen LogP contribution is -1.89. The first-order chi connectivity index (χ1) is 8.93. The van der Waals surface area contributed by atoms with Gasteiger partial charge in [0.15, 0.2) is 5.82 Å². The highest BCUT2D eigenvalue weighted by atomic mass is 32.1. The van der Waals surface area contributed by atoms with Crippen molar-refractivity contribution in [3.8, 4) is 11.5 Å². The molecule has 4 rings (SSSR count). The summed E-state index contributed by atoms with van der Waals surface area (Å²) in [6.45, 7) is 0. The molecule has 0 aliphatic heterocycles. The summed E-state index contributed by atoms with van der Waals surface area (Å²) in [4.78, 5) is 5.24. The van der Waals surface area contributed by atoms with Gasteiger partial charge < -0.3 is 0 Å². The lowest BCUT2D eigenvalue weighted by molar-refractivity contribution is 1.10. The van der Waals surface area contributed by atoms with Crippen LogP contribution in [0.25, 0.3) is 26.7 Å². The molecule has 3 aromatic heterocycles. The fourth-order valence-electron chi connectivity index (χ4n) is 2.04. The zero-order valence-electron chi connectivity index (χ0n) is 9.32. The van der Waals surface area contributed by atoms with E-state index in [1.54, 1.807) is 17.5 Å². The summed E-state index contributed by atoms with van der Waals surface area (Å²) in [5.74, 6) is 0.794. The molecule has 0 atom stereocenters. The molecule has 3 heterocycles. The van der Waals surface area contributed by atoms with Crippen LogP contribution in [0.15, 0.2) is 48.7 Å². The molecule has 0 radical (unpaired) electrons. The van der Waals surface area contributed by atoms with E-state index in [0.29, 0.717) is 0 Å². The molecule has 0 N–H and O–H groups in total. The van der Waals surface area contributed by atoms with Gasteiger partial charge in [0.2, 0.25) is 4.96 Å². The minimum Gasteiger partial charge on any atom is -0.264 e. The molecule has 0 saturated carbocycles. The van der Waals surface area contributed by atoms with E-state index in [9.17, 15) is 0 Å². The van der Waals surface area contributed by atoms with Gasteiger partial charge in [0.1, 0.15) is 5.69 Å². The molecule has 0 unspecified atom stereocenters. The molecule has 0 aliphatic carbocycles. The van der Waals surface area contributed by atoms with Crippen molar-refractivity contribution in [3.63, 3.8) is 0 Å². The van der Waals surface area contributed by atoms with Crippen LogP contribution >= 0.6 is 11.3 Å². The van der Waals surface area contributed by atoms with E-state index in [2.05, 4.69) is 31.7 Å². The highest BCUT2D eigenvalue weighted by Gasteiger charge is 2.13. The molecule has 4 nitrogen and oxygen atoms in total. The molecule has 0 spiro atoms. The summed E-state index contributed by atoms with van der Waals surface area (Å²) in [6, 6.07) is 14.0. The minimum absolute atomic E-state index is 0.794. The molecule has 0 aliphatic rings. The van der Waals surface area contributed by atoms with Crippen molar-refractivity contribution in [1.29, 1.82) is 0 Å². The van der Waals surface area contributed by atoms with E-state index in [1.807, 2.05) is 30.3 Å². The van der Waals surface area contributed by atoms with Crippen molar-refractivity contribution in [2.24, 2.45) is 0 Å². The Bertz CT molecular complexity index is 832. The van der Waals surface area contributed by atoms with Gasteiger partial charge in [-0.05, 0) is 24.3 Å². The van der Waals surface area contributed by atoms with E-state index in [-0.39, 0.29) is 0 Å². The maximum Gasteiger partial charge on any atom is 0.217 e. The highest BCUT2D eigenvalue weighted by Crippen LogP contribution is 2.28. The molecule has 5 heteroatoms. The summed E-state index contributed by atoms with van der Waals surface area (Å²) >= 11 is 1.64. The number of hydrogen-bond acceptors (Lipinski definition) is 4. The maximum atomic E-state index is 4.34. The van der Waals surface area contributed by atoms with Crippen LogP contribution in [0.2, 0.25) is 0 Å². The molecule has 0 bridgehead atoms. The Hall–Kier alpha value is -2.27. The second kappa shape index (κ2) is 3.61. The molecule has 0 saturated heterocycles. The smallest absolute Gasteiger partial charge is 0.217 e. The van der Waals surface area contributed by atoms with Crippen LogP contribution in [-0.2, 0) is 0 Å². The van der Waals surface area contributed by atoms with Crippen LogP contribution in [0.5, 0.6) is 0 Å². The highest BCUT2D eigenvalue weighted by molar-refractivity contribution is 7.23. The van der Waals surface area contributed by atoms with Crippen LogP contribution in [0, 0.1) is 0 Å². The lowest BCUT2D eigenvalue weighted by Gasteiger charge is -1.97. The SMILES string of the molecule is c1ccc(-c2nnc3sc4ccccc4n23)nc1. The largest absolute Gasteiger partial charge is 0.264 e. The first-order valence-electron chi connectivity index (χ1n) is 5.57. The normalized spacial score (nSPS) is 11.3. The number of rotatable bonds is 1. The third-order valence-electron chi connectivity index (χ3n) is 2.83. The van der Waals surface area contributed by atoms with E-state index in [1.165, 1.54) is 4.70 Å². The average Bonchev–Trinajstić information content (AvgIpc) is 2.98. The first-order valence-corrected chi connectivity index (χ1v) is 6.39. The predicted octanol–water partition coefficient (Wildman–Crippen LogP) is 3.01. The number of hydrogen-bond donors (Lipinski definition) is 0. The van der Waals surface area contributed by atoms with Crippen molar-refractivity contribution in [2.75, 3.05) is 0 Å². The number of benzene rings is 1. The number of pyridine rings is 1. The number of nitrogens with zero attached hydrogens (tertiary/aromatic N) is 4. The molecule has 18 heavy (non-hydrogen) atoms. The third kappa shape index (κ3) is 1.28. The Morgan fingerprint density at radius 3 is 2.72 bits per heavy atom. The average molecular weight is 252 g/mol. The Labute approximate surface area is 107 Å². The van der Waals surface area contributed by atoms with Gasteiger partial charge in [-0.2, -0.15) is 0 Å². The van der Waals surface area contributed by atoms with Crippen LogP contribution in [0.3, 0.4) is 0 Å². The first kappa shape index (κ1) is 9.73. The van der Waals surface area contributed by atoms with Gasteiger partial charge >= 0.3 is 0 Å². The Morgan fingerprint density at radius 1 is 0.944 bits per heavy atom. The van der Waals surface area contributed by atoms with Crippen molar-refractivity contribution in [1.82, 2.24) is 19.6 Å². The summed E-state index contributed by atoms with van der Waals surface area (Å²) < 4.78 is 3.27. The number of fused-ring (bicyclic) bond motifs is 3. The van der Waals surface area contributed by atoms with Crippen molar-refractivity contribution < 1.29 is 0 Å². The standard InChI is InChI=1S/C13H8N4S/c1-2-7-11-10(6-1)17-12(15-16-13(17)18-11)9-5-3-4-8-14-9/h1-8H. The second-order valence-electron chi connectivity index (χ2n) is 3.93. The van der Waals surface area contributed by atoms with E-state index in [4.69, 9.17) is 0 Å². The quantitative estimate of drug-likeness (QED) is 0.523. The van der Waals surface area contributed by atoms with Gasteiger partial charge in [0.25, 0.3) is 0 Å². The fourth-order valence-corrected chi connectivity index (χ4v) is 3.01. The molecule has 86 valence electrons. The number of aromatic nitrogens is 4. The summed E-state index contributed by atoms with van der Waals surface area (Å²) in [5.41, 5.74) is 1.97. The topological polar surface area (TPSA) is 43.1 Å². The summed E-state index contributed by atoms with van der Waals surface area (Å²) in [7, 11) is 0. The van der Waals surface area contributed by atoms with Crippen molar-refractivity contribution >= 4 is 26.5 Å². The van der Waals surface area contributed by atoms with Crippen LogP contribution in [0.4, 0.5) is 0 Å². The van der Waals surface area contributed by atoms with Crippen molar-refractivity contribution in [3.05, 3.63) is 48.7 Å². The van der Waals surface area contributed by atoms with Gasteiger partial charge in [-0.25, -0.2) is 0 Å². The molecule has 0 fully saturated rings. The molecule has 0 amide bonds. The second-order valence-corrected chi connectivity index (χ2v) is 4.94. The van der Waals surface area contributed by atoms with Gasteiger partial charge in [0, 0.05) is 6.20 Å². The van der Waals surface area contributed by atoms with E-state index in [0.717, 1.165) is 22.0 Å². The van der Waals surface area contributed by atoms with Crippen LogP contribution in [0.1, 0.15) is 0 Å². The molecule has 1 aromatic carbocycles. The number of para-hydroxylation sites is 1. The van der Waals surface area contributed by atoms with Crippen LogP contribution in [-0.4, -0.2) is 19.6 Å². The maximum absolute atomic E-state index is 4.34. The van der Waals surface area contributed by atoms with Gasteiger partial charge in [-0.1, -0.05) is 29.5 Å². The predicted molar refractivity (Wildman–Crippen MR) is 71.6 cm³/mol. The van der Waals surface area contributed by atoms with Gasteiger partial charge in [0.05, 0.1) is 10.2 Å². The lowest BCUT2D eigenvalue weighted by atomic mass is 10.3. The summed E-state index contributed by atoms with van der Waals surface area (Å²) in [6.07, 6.45) is 1.77. The Kier molecular flexibility index (Phi) is 1.95. The van der Waals surface area contributed by atoms with Gasteiger partial charge in [-0.3, -0.25) is 9.38 Å². The van der Waals surface area contributed by atoms with Crippen molar-refractivity contribution in [2.45, 2.75) is 0 Å². The Morgan fingerprint density at radius 2 is 1.83 bits per heavy atom. The van der Waals surface area contributed by atoms with E-state index < -0.39 is 0 Å². The summed E-state index contributed by atoms with van der Waals surface area (Å²) in [5, 5.41) is 8.46. The molecular weight excluding hydrogens is 244 g/mol. The van der Waals surface area contributed by atoms with E-state index >= 15 is 0 Å². The van der Waals surface area contributed by atoms with Crippen LogP contribution < -0.4 is 0 Å². The number of thiazole rings is 1. The monoisotopic (exact) mass is 252 g/mol. The third-order valence-corrected chi connectivity index (χ3v) is 3.85. The molecular formula is C13H8N4S. The Balaban J connectivity index is 2.13. The van der Waals surface area contributed by atoms with Gasteiger partial charge in [-0.15, -0.1) is 10.2 Å². The molecule has 4 aromatic rings. The zero-order chi connectivity index (χ0) is 11.9.